The van der Waals surface area contributed by atoms with Gasteiger partial charge in [-0.3, -0.25) is 4.79 Å². The molecule has 1 aromatic carbocycles. The molecule has 1 atom stereocenters. The van der Waals surface area contributed by atoms with Crippen LogP contribution >= 0.6 is 0 Å². The van der Waals surface area contributed by atoms with Gasteiger partial charge in [0.1, 0.15) is 0 Å². The van der Waals surface area contributed by atoms with Crippen molar-refractivity contribution in [3.8, 4) is 6.07 Å². The van der Waals surface area contributed by atoms with E-state index in [1.807, 2.05) is 6.07 Å². The Labute approximate surface area is 81.6 Å². The lowest BCUT2D eigenvalue weighted by Crippen LogP contribution is -2.21. The van der Waals surface area contributed by atoms with Gasteiger partial charge in [-0.2, -0.15) is 5.26 Å². The van der Waals surface area contributed by atoms with Gasteiger partial charge >= 0.3 is 5.97 Å². The number of carbonyl (C=O) groups is 1. The van der Waals surface area contributed by atoms with Crippen molar-refractivity contribution in [3.05, 3.63) is 35.4 Å². The van der Waals surface area contributed by atoms with Crippen LogP contribution in [-0.4, -0.2) is 17.6 Å². The summed E-state index contributed by atoms with van der Waals surface area (Å²) in [5.74, 6) is -1.70. The normalized spacial score (nSPS) is 11.7. The largest absolute Gasteiger partial charge is 0.481 e. The summed E-state index contributed by atoms with van der Waals surface area (Å²) in [5.41, 5.74) is 6.35. The van der Waals surface area contributed by atoms with Gasteiger partial charge in [0.25, 0.3) is 0 Å². The molecule has 0 aliphatic carbocycles. The lowest BCUT2D eigenvalue weighted by molar-refractivity contribution is -0.138. The van der Waals surface area contributed by atoms with Crippen molar-refractivity contribution >= 4 is 5.97 Å². The van der Waals surface area contributed by atoms with Crippen molar-refractivity contribution in [2.75, 3.05) is 6.54 Å². The van der Waals surface area contributed by atoms with Crippen LogP contribution < -0.4 is 5.73 Å². The summed E-state index contributed by atoms with van der Waals surface area (Å²) >= 11 is 0. The van der Waals surface area contributed by atoms with E-state index in [-0.39, 0.29) is 6.54 Å². The average molecular weight is 190 g/mol. The first-order chi connectivity index (χ1) is 6.69. The second-order valence-electron chi connectivity index (χ2n) is 2.86. The zero-order valence-corrected chi connectivity index (χ0v) is 7.47. The van der Waals surface area contributed by atoms with Gasteiger partial charge in [0.15, 0.2) is 0 Å². The highest BCUT2D eigenvalue weighted by molar-refractivity contribution is 5.76. The van der Waals surface area contributed by atoms with Gasteiger partial charge in [-0.25, -0.2) is 0 Å². The van der Waals surface area contributed by atoms with Crippen LogP contribution in [0.2, 0.25) is 0 Å². The van der Waals surface area contributed by atoms with Crippen molar-refractivity contribution in [2.24, 2.45) is 5.73 Å². The third-order valence-corrected chi connectivity index (χ3v) is 1.95. The number of aliphatic carboxylic acids is 1. The predicted molar refractivity (Wildman–Crippen MR) is 50.6 cm³/mol. The Hall–Kier alpha value is -1.86. The summed E-state index contributed by atoms with van der Waals surface area (Å²) in [7, 11) is 0. The quantitative estimate of drug-likeness (QED) is 0.733. The summed E-state index contributed by atoms with van der Waals surface area (Å²) in [5, 5.41) is 17.5. The molecule has 0 saturated heterocycles. The van der Waals surface area contributed by atoms with Crippen LogP contribution in [-0.2, 0) is 4.79 Å². The topological polar surface area (TPSA) is 87.1 Å². The standard InChI is InChI=1S/C10H10N2O2/c11-5-7-2-1-3-8(4-7)9(6-12)10(13)14/h1-4,9H,6,12H2,(H,13,14). The number of nitriles is 1. The molecule has 0 saturated carbocycles. The lowest BCUT2D eigenvalue weighted by Gasteiger charge is -2.09. The molecule has 72 valence electrons. The fourth-order valence-electron chi connectivity index (χ4n) is 1.20. The van der Waals surface area contributed by atoms with E-state index in [9.17, 15) is 4.79 Å². The van der Waals surface area contributed by atoms with E-state index in [0.29, 0.717) is 11.1 Å². The number of hydrogen-bond donors (Lipinski definition) is 2. The van der Waals surface area contributed by atoms with Crippen LogP contribution in [0.15, 0.2) is 24.3 Å². The van der Waals surface area contributed by atoms with Crippen LogP contribution in [0.5, 0.6) is 0 Å². The summed E-state index contributed by atoms with van der Waals surface area (Å²) < 4.78 is 0. The maximum Gasteiger partial charge on any atom is 0.312 e. The first-order valence-corrected chi connectivity index (χ1v) is 4.12. The maximum absolute atomic E-state index is 10.8. The van der Waals surface area contributed by atoms with Crippen molar-refractivity contribution in [2.45, 2.75) is 5.92 Å². The molecule has 4 nitrogen and oxygen atoms in total. The van der Waals surface area contributed by atoms with Crippen LogP contribution in [0.1, 0.15) is 17.0 Å². The summed E-state index contributed by atoms with van der Waals surface area (Å²) in [6, 6.07) is 8.43. The number of carboxylic acid groups (broad SMARTS) is 1. The first kappa shape index (κ1) is 10.2. The Morgan fingerprint density at radius 1 is 1.64 bits per heavy atom. The number of hydrogen-bond acceptors (Lipinski definition) is 3. The second-order valence-corrected chi connectivity index (χ2v) is 2.86. The molecule has 0 aliphatic rings. The monoisotopic (exact) mass is 190 g/mol. The van der Waals surface area contributed by atoms with E-state index in [0.717, 1.165) is 0 Å². The van der Waals surface area contributed by atoms with Gasteiger partial charge in [0, 0.05) is 6.54 Å². The van der Waals surface area contributed by atoms with E-state index < -0.39 is 11.9 Å². The van der Waals surface area contributed by atoms with E-state index in [1.165, 1.54) is 0 Å². The fourth-order valence-corrected chi connectivity index (χ4v) is 1.20. The highest BCUT2D eigenvalue weighted by Crippen LogP contribution is 2.15. The molecule has 0 amide bonds. The molecule has 14 heavy (non-hydrogen) atoms. The highest BCUT2D eigenvalue weighted by atomic mass is 16.4. The van der Waals surface area contributed by atoms with Crippen molar-refractivity contribution in [3.63, 3.8) is 0 Å². The van der Waals surface area contributed by atoms with Gasteiger partial charge in [-0.1, -0.05) is 12.1 Å². The third-order valence-electron chi connectivity index (χ3n) is 1.95. The molecule has 0 heterocycles. The summed E-state index contributed by atoms with van der Waals surface area (Å²) in [4.78, 5) is 10.8. The molecular weight excluding hydrogens is 180 g/mol. The number of benzene rings is 1. The SMILES string of the molecule is N#Cc1cccc(C(CN)C(=O)O)c1. The molecule has 1 aromatic rings. The molecule has 0 bridgehead atoms. The molecule has 4 heteroatoms. The van der Waals surface area contributed by atoms with Crippen LogP contribution in [0.25, 0.3) is 0 Å². The highest BCUT2D eigenvalue weighted by Gasteiger charge is 2.17. The minimum atomic E-state index is -0.970. The van der Waals surface area contributed by atoms with Crippen LogP contribution in [0.4, 0.5) is 0 Å². The maximum atomic E-state index is 10.8. The molecular formula is C10H10N2O2. The van der Waals surface area contributed by atoms with Crippen LogP contribution in [0, 0.1) is 11.3 Å². The van der Waals surface area contributed by atoms with Crippen molar-refractivity contribution < 1.29 is 9.90 Å². The molecule has 1 rings (SSSR count). The Morgan fingerprint density at radius 2 is 2.36 bits per heavy atom. The fraction of sp³-hybridized carbons (Fsp3) is 0.200. The van der Waals surface area contributed by atoms with E-state index in [4.69, 9.17) is 16.1 Å². The first-order valence-electron chi connectivity index (χ1n) is 4.12. The minimum absolute atomic E-state index is 0.0320. The molecule has 0 spiro atoms. The minimum Gasteiger partial charge on any atom is -0.481 e. The molecule has 0 aromatic heterocycles. The van der Waals surface area contributed by atoms with Crippen LogP contribution in [0.3, 0.4) is 0 Å². The van der Waals surface area contributed by atoms with E-state index in [2.05, 4.69) is 0 Å². The van der Waals surface area contributed by atoms with Gasteiger partial charge < -0.3 is 10.8 Å². The predicted octanol–water partition coefficient (Wildman–Crippen LogP) is 0.685. The van der Waals surface area contributed by atoms with Gasteiger partial charge in [0.05, 0.1) is 17.6 Å². The molecule has 3 N–H and O–H groups in total. The van der Waals surface area contributed by atoms with E-state index in [1.54, 1.807) is 24.3 Å². The Kier molecular flexibility index (Phi) is 3.21. The van der Waals surface area contributed by atoms with Gasteiger partial charge in [-0.05, 0) is 17.7 Å². The van der Waals surface area contributed by atoms with Gasteiger partial charge in [0.2, 0.25) is 0 Å². The summed E-state index contributed by atoms with van der Waals surface area (Å²) in [6.45, 7) is 0.0320. The Bertz CT molecular complexity index is 382. The van der Waals surface area contributed by atoms with Crippen molar-refractivity contribution in [1.29, 1.82) is 5.26 Å². The number of carboxylic acids is 1. The number of rotatable bonds is 3. The molecule has 0 aliphatic heterocycles. The zero-order valence-electron chi connectivity index (χ0n) is 7.47. The Balaban J connectivity index is 3.05. The Morgan fingerprint density at radius 3 is 2.86 bits per heavy atom. The third kappa shape index (κ3) is 2.09. The van der Waals surface area contributed by atoms with E-state index >= 15 is 0 Å². The van der Waals surface area contributed by atoms with Gasteiger partial charge in [-0.15, -0.1) is 0 Å². The molecule has 1 unspecified atom stereocenters. The number of nitrogens with zero attached hydrogens (tertiary/aromatic N) is 1. The molecule has 0 radical (unpaired) electrons. The summed E-state index contributed by atoms with van der Waals surface area (Å²) in [6.07, 6.45) is 0. The second kappa shape index (κ2) is 4.40. The lowest BCUT2D eigenvalue weighted by atomic mass is 9.98. The smallest absolute Gasteiger partial charge is 0.312 e. The van der Waals surface area contributed by atoms with Crippen molar-refractivity contribution in [1.82, 2.24) is 0 Å². The molecule has 0 fully saturated rings. The zero-order chi connectivity index (χ0) is 10.6. The number of nitrogens with two attached hydrogens (primary N) is 1. The average Bonchev–Trinajstić information content (AvgIpc) is 2.19.